The van der Waals surface area contributed by atoms with Crippen molar-refractivity contribution >= 4 is 6.03 Å². The standard InChI is InChI=1S/C17H22N4O2/c1-13-6-8-20(11-16(13)22)17(23)19-10-14-2-4-15(5-3-14)21-9-7-18-12-21/h2-5,7,9,12-13,16,22H,6,8,10-11H2,1H3,(H,19,23). The second-order valence-corrected chi connectivity index (χ2v) is 6.07. The molecule has 2 atom stereocenters. The Hall–Kier alpha value is -2.34. The van der Waals surface area contributed by atoms with Gasteiger partial charge in [-0.3, -0.25) is 0 Å². The van der Waals surface area contributed by atoms with Crippen LogP contribution in [0.1, 0.15) is 18.9 Å². The molecule has 0 saturated carbocycles. The first-order chi connectivity index (χ1) is 11.1. The molecule has 1 saturated heterocycles. The first-order valence-electron chi connectivity index (χ1n) is 7.91. The number of imidazole rings is 1. The second kappa shape index (κ2) is 6.83. The Morgan fingerprint density at radius 3 is 2.83 bits per heavy atom. The molecule has 6 heteroatoms. The van der Waals surface area contributed by atoms with E-state index in [2.05, 4.69) is 10.3 Å². The van der Waals surface area contributed by atoms with E-state index >= 15 is 0 Å². The van der Waals surface area contributed by atoms with Crippen molar-refractivity contribution in [2.24, 2.45) is 5.92 Å². The van der Waals surface area contributed by atoms with Gasteiger partial charge in [0.2, 0.25) is 0 Å². The number of aliphatic hydroxyl groups is 1. The molecule has 1 aliphatic heterocycles. The summed E-state index contributed by atoms with van der Waals surface area (Å²) in [5, 5.41) is 12.8. The van der Waals surface area contributed by atoms with Crippen LogP contribution >= 0.6 is 0 Å². The maximum Gasteiger partial charge on any atom is 0.317 e. The zero-order valence-electron chi connectivity index (χ0n) is 13.2. The van der Waals surface area contributed by atoms with Gasteiger partial charge in [0, 0.05) is 37.7 Å². The van der Waals surface area contributed by atoms with Gasteiger partial charge in [-0.05, 0) is 30.0 Å². The van der Waals surface area contributed by atoms with E-state index in [0.717, 1.165) is 17.7 Å². The van der Waals surface area contributed by atoms with Crippen LogP contribution in [-0.2, 0) is 6.54 Å². The Kier molecular flexibility index (Phi) is 4.62. The molecule has 0 radical (unpaired) electrons. The van der Waals surface area contributed by atoms with Crippen LogP contribution in [0.5, 0.6) is 0 Å². The number of likely N-dealkylation sites (tertiary alicyclic amines) is 1. The third kappa shape index (κ3) is 3.71. The topological polar surface area (TPSA) is 70.4 Å². The Morgan fingerprint density at radius 2 is 2.17 bits per heavy atom. The monoisotopic (exact) mass is 314 g/mol. The normalized spacial score (nSPS) is 21.2. The van der Waals surface area contributed by atoms with Crippen molar-refractivity contribution in [2.75, 3.05) is 13.1 Å². The predicted molar refractivity (Wildman–Crippen MR) is 87.2 cm³/mol. The minimum Gasteiger partial charge on any atom is -0.391 e. The summed E-state index contributed by atoms with van der Waals surface area (Å²) in [5.74, 6) is 0.259. The van der Waals surface area contributed by atoms with Gasteiger partial charge in [0.1, 0.15) is 0 Å². The quantitative estimate of drug-likeness (QED) is 0.907. The minimum absolute atomic E-state index is 0.116. The number of carbonyl (C=O) groups is 1. The van der Waals surface area contributed by atoms with Gasteiger partial charge in [-0.2, -0.15) is 0 Å². The predicted octanol–water partition coefficient (Wildman–Crippen LogP) is 1.78. The first-order valence-corrected chi connectivity index (χ1v) is 7.91. The summed E-state index contributed by atoms with van der Waals surface area (Å²) in [6, 6.07) is 7.85. The molecule has 2 unspecified atom stereocenters. The Bertz CT molecular complexity index is 639. The lowest BCUT2D eigenvalue weighted by Crippen LogP contribution is -2.49. The summed E-state index contributed by atoms with van der Waals surface area (Å²) in [6.07, 6.45) is 5.79. The number of rotatable bonds is 3. The van der Waals surface area contributed by atoms with Crippen molar-refractivity contribution in [3.8, 4) is 5.69 Å². The molecule has 0 spiro atoms. The third-order valence-corrected chi connectivity index (χ3v) is 4.39. The molecular weight excluding hydrogens is 292 g/mol. The number of urea groups is 1. The summed E-state index contributed by atoms with van der Waals surface area (Å²) >= 11 is 0. The number of hydrogen-bond donors (Lipinski definition) is 2. The van der Waals surface area contributed by atoms with Crippen LogP contribution in [0.25, 0.3) is 5.69 Å². The largest absolute Gasteiger partial charge is 0.391 e. The van der Waals surface area contributed by atoms with Crippen LogP contribution in [0.2, 0.25) is 0 Å². The van der Waals surface area contributed by atoms with Gasteiger partial charge in [-0.25, -0.2) is 9.78 Å². The number of aromatic nitrogens is 2. The van der Waals surface area contributed by atoms with Gasteiger partial charge >= 0.3 is 6.03 Å². The molecule has 1 aromatic heterocycles. The fraction of sp³-hybridized carbons (Fsp3) is 0.412. The van der Waals surface area contributed by atoms with Gasteiger partial charge in [0.05, 0.1) is 12.4 Å². The van der Waals surface area contributed by atoms with E-state index in [-0.39, 0.29) is 11.9 Å². The fourth-order valence-electron chi connectivity index (χ4n) is 2.72. The lowest BCUT2D eigenvalue weighted by Gasteiger charge is -2.34. The van der Waals surface area contributed by atoms with E-state index < -0.39 is 6.10 Å². The lowest BCUT2D eigenvalue weighted by atomic mass is 9.96. The minimum atomic E-state index is -0.427. The van der Waals surface area contributed by atoms with Gasteiger partial charge in [-0.1, -0.05) is 19.1 Å². The third-order valence-electron chi connectivity index (χ3n) is 4.39. The average molecular weight is 314 g/mol. The van der Waals surface area contributed by atoms with Gasteiger partial charge in [-0.15, -0.1) is 0 Å². The van der Waals surface area contributed by atoms with Crippen molar-refractivity contribution in [3.05, 3.63) is 48.5 Å². The van der Waals surface area contributed by atoms with Crippen molar-refractivity contribution in [1.82, 2.24) is 19.8 Å². The summed E-state index contributed by atoms with van der Waals surface area (Å²) < 4.78 is 1.93. The highest BCUT2D eigenvalue weighted by Gasteiger charge is 2.26. The summed E-state index contributed by atoms with van der Waals surface area (Å²) in [4.78, 5) is 17.9. The first kappa shape index (κ1) is 15.6. The number of amides is 2. The number of nitrogens with one attached hydrogen (secondary N) is 1. The highest BCUT2D eigenvalue weighted by Crippen LogP contribution is 2.17. The van der Waals surface area contributed by atoms with Crippen LogP contribution in [0.15, 0.2) is 43.0 Å². The lowest BCUT2D eigenvalue weighted by molar-refractivity contribution is 0.0435. The van der Waals surface area contributed by atoms with Crippen LogP contribution in [0.3, 0.4) is 0 Å². The Balaban J connectivity index is 1.53. The molecule has 6 nitrogen and oxygen atoms in total. The smallest absolute Gasteiger partial charge is 0.317 e. The van der Waals surface area contributed by atoms with Crippen LogP contribution in [-0.4, -0.2) is 44.8 Å². The Labute approximate surface area is 135 Å². The molecule has 2 aromatic rings. The molecule has 23 heavy (non-hydrogen) atoms. The maximum atomic E-state index is 12.2. The number of benzene rings is 1. The van der Waals surface area contributed by atoms with E-state index in [1.54, 1.807) is 17.4 Å². The van der Waals surface area contributed by atoms with Crippen molar-refractivity contribution in [2.45, 2.75) is 26.0 Å². The molecule has 2 amide bonds. The van der Waals surface area contributed by atoms with Crippen LogP contribution in [0.4, 0.5) is 4.79 Å². The zero-order chi connectivity index (χ0) is 16.2. The van der Waals surface area contributed by atoms with Crippen LogP contribution in [0, 0.1) is 5.92 Å². The highest BCUT2D eigenvalue weighted by atomic mass is 16.3. The molecule has 2 heterocycles. The molecule has 2 N–H and O–H groups in total. The van der Waals surface area contributed by atoms with E-state index in [4.69, 9.17) is 0 Å². The number of carbonyl (C=O) groups excluding carboxylic acids is 1. The van der Waals surface area contributed by atoms with Gasteiger partial charge in [0.25, 0.3) is 0 Å². The van der Waals surface area contributed by atoms with Crippen molar-refractivity contribution in [3.63, 3.8) is 0 Å². The number of β-amino-alcohol motifs (C(OH)–C–C–N with tert-alkyl or cyclic N) is 1. The Morgan fingerprint density at radius 1 is 1.39 bits per heavy atom. The summed E-state index contributed by atoms with van der Waals surface area (Å²) in [7, 11) is 0. The number of hydrogen-bond acceptors (Lipinski definition) is 3. The molecule has 1 aliphatic rings. The highest BCUT2D eigenvalue weighted by molar-refractivity contribution is 5.74. The fourth-order valence-corrected chi connectivity index (χ4v) is 2.72. The molecule has 1 fully saturated rings. The number of aliphatic hydroxyl groups excluding tert-OH is 1. The van der Waals surface area contributed by atoms with Crippen molar-refractivity contribution in [1.29, 1.82) is 0 Å². The molecule has 122 valence electrons. The van der Waals surface area contributed by atoms with E-state index in [1.165, 1.54) is 0 Å². The SMILES string of the molecule is CC1CCN(C(=O)NCc2ccc(-n3ccnc3)cc2)CC1O. The van der Waals surface area contributed by atoms with Gasteiger partial charge < -0.3 is 19.9 Å². The van der Waals surface area contributed by atoms with Gasteiger partial charge in [0.15, 0.2) is 0 Å². The molecule has 0 bridgehead atoms. The molecular formula is C17H22N4O2. The number of nitrogens with zero attached hydrogens (tertiary/aromatic N) is 3. The molecule has 0 aliphatic carbocycles. The number of piperidine rings is 1. The van der Waals surface area contributed by atoms with E-state index in [1.807, 2.05) is 42.0 Å². The molecule has 1 aromatic carbocycles. The second-order valence-electron chi connectivity index (χ2n) is 6.07. The summed E-state index contributed by atoms with van der Waals surface area (Å²) in [6.45, 7) is 3.60. The van der Waals surface area contributed by atoms with Crippen molar-refractivity contribution < 1.29 is 9.90 Å². The zero-order valence-corrected chi connectivity index (χ0v) is 13.2. The maximum absolute atomic E-state index is 12.2. The van der Waals surface area contributed by atoms with Crippen LogP contribution < -0.4 is 5.32 Å². The van der Waals surface area contributed by atoms with E-state index in [0.29, 0.717) is 19.6 Å². The van der Waals surface area contributed by atoms with E-state index in [9.17, 15) is 9.90 Å². The summed E-state index contributed by atoms with van der Waals surface area (Å²) in [5.41, 5.74) is 2.07. The molecule has 3 rings (SSSR count). The average Bonchev–Trinajstić information content (AvgIpc) is 3.10.